The molecule has 1 aliphatic rings. The highest BCUT2D eigenvalue weighted by Crippen LogP contribution is 2.18. The molecule has 1 aromatic rings. The number of carboxylic acid groups (broad SMARTS) is 1. The molecule has 0 saturated carbocycles. The molecule has 0 radical (unpaired) electrons. The van der Waals surface area contributed by atoms with Crippen molar-refractivity contribution in [3.8, 4) is 0 Å². The van der Waals surface area contributed by atoms with E-state index >= 15 is 0 Å². The molecule has 20 heavy (non-hydrogen) atoms. The zero-order valence-corrected chi connectivity index (χ0v) is 11.6. The maximum Gasteiger partial charge on any atom is 0.311 e. The van der Waals surface area contributed by atoms with Crippen LogP contribution in [0.15, 0.2) is 0 Å². The minimum Gasteiger partial charge on any atom is -0.481 e. The van der Waals surface area contributed by atoms with Crippen molar-refractivity contribution in [2.24, 2.45) is 5.92 Å². The lowest BCUT2D eigenvalue weighted by atomic mass is 9.96. The Kier molecular flexibility index (Phi) is 3.76. The normalized spacial score (nSPS) is 22.8. The molecular formula is C12H18N4O4. The van der Waals surface area contributed by atoms with Crippen LogP contribution in [-0.4, -0.2) is 51.4 Å². The zero-order valence-electron chi connectivity index (χ0n) is 11.6. The van der Waals surface area contributed by atoms with Crippen LogP contribution in [0.2, 0.25) is 0 Å². The lowest BCUT2D eigenvalue weighted by Gasteiger charge is -2.14. The van der Waals surface area contributed by atoms with Gasteiger partial charge in [-0.05, 0) is 0 Å². The van der Waals surface area contributed by atoms with E-state index in [1.54, 1.807) is 0 Å². The van der Waals surface area contributed by atoms with Crippen LogP contribution in [0.1, 0.15) is 37.2 Å². The minimum atomic E-state index is -0.988. The van der Waals surface area contributed by atoms with E-state index in [4.69, 9.17) is 9.84 Å². The van der Waals surface area contributed by atoms with Gasteiger partial charge in [0.2, 0.25) is 5.82 Å². The maximum absolute atomic E-state index is 12.0. The molecule has 110 valence electrons. The highest BCUT2D eigenvalue weighted by Gasteiger charge is 2.36. The molecule has 2 atom stereocenters. The number of nitrogens with zero attached hydrogens (tertiary/aromatic N) is 2. The molecule has 1 amide bonds. The number of carboxylic acids is 1. The van der Waals surface area contributed by atoms with Gasteiger partial charge in [-0.3, -0.25) is 14.7 Å². The number of amides is 1. The summed E-state index contributed by atoms with van der Waals surface area (Å²) in [6.45, 7) is 6.11. The Morgan fingerprint density at radius 2 is 2.10 bits per heavy atom. The second kappa shape index (κ2) is 5.20. The van der Waals surface area contributed by atoms with Crippen molar-refractivity contribution in [2.45, 2.75) is 32.2 Å². The molecule has 1 fully saturated rings. The molecular weight excluding hydrogens is 264 g/mol. The second-order valence-corrected chi connectivity index (χ2v) is 5.82. The topological polar surface area (TPSA) is 117 Å². The number of aromatic nitrogens is 3. The predicted octanol–water partition coefficient (Wildman–Crippen LogP) is -0.0684. The van der Waals surface area contributed by atoms with Crippen LogP contribution in [-0.2, 0) is 14.9 Å². The van der Waals surface area contributed by atoms with Crippen LogP contribution in [0.4, 0.5) is 0 Å². The van der Waals surface area contributed by atoms with E-state index in [9.17, 15) is 9.59 Å². The molecule has 2 rings (SSSR count). The Morgan fingerprint density at radius 3 is 2.65 bits per heavy atom. The Hall–Kier alpha value is -1.96. The minimum absolute atomic E-state index is 0.00552. The first kappa shape index (κ1) is 14.4. The fourth-order valence-electron chi connectivity index (χ4n) is 1.87. The Bertz CT molecular complexity index is 520. The summed E-state index contributed by atoms with van der Waals surface area (Å²) in [6, 6.07) is -0.559. The van der Waals surface area contributed by atoms with Gasteiger partial charge in [-0.25, -0.2) is 4.98 Å². The van der Waals surface area contributed by atoms with Crippen LogP contribution in [0.5, 0.6) is 0 Å². The van der Waals surface area contributed by atoms with Gasteiger partial charge in [-0.15, -0.1) is 5.10 Å². The number of carbonyl (C=O) groups is 2. The van der Waals surface area contributed by atoms with Crippen molar-refractivity contribution < 1.29 is 19.4 Å². The first-order chi connectivity index (χ1) is 9.29. The van der Waals surface area contributed by atoms with Gasteiger partial charge >= 0.3 is 5.97 Å². The summed E-state index contributed by atoms with van der Waals surface area (Å²) < 4.78 is 5.08. The molecule has 8 heteroatoms. The fourth-order valence-corrected chi connectivity index (χ4v) is 1.87. The highest BCUT2D eigenvalue weighted by atomic mass is 16.5. The van der Waals surface area contributed by atoms with Gasteiger partial charge in [0.25, 0.3) is 5.91 Å². The van der Waals surface area contributed by atoms with Crippen molar-refractivity contribution in [3.63, 3.8) is 0 Å². The van der Waals surface area contributed by atoms with Crippen molar-refractivity contribution in [1.29, 1.82) is 0 Å². The van der Waals surface area contributed by atoms with Crippen LogP contribution in [0.25, 0.3) is 0 Å². The third-order valence-corrected chi connectivity index (χ3v) is 3.11. The molecule has 0 aliphatic carbocycles. The number of hydrogen-bond donors (Lipinski definition) is 3. The molecule has 0 bridgehead atoms. The van der Waals surface area contributed by atoms with E-state index in [0.29, 0.717) is 5.82 Å². The smallest absolute Gasteiger partial charge is 0.311 e. The van der Waals surface area contributed by atoms with E-state index in [1.165, 1.54) is 0 Å². The van der Waals surface area contributed by atoms with Gasteiger partial charge in [0, 0.05) is 5.41 Å². The third kappa shape index (κ3) is 2.96. The van der Waals surface area contributed by atoms with Crippen molar-refractivity contribution in [3.05, 3.63) is 11.6 Å². The standard InChI is InChI=1S/C12H18N4O4/c1-12(2,3)11-14-8(15-16-11)9(17)13-7-5-20-4-6(7)10(18)19/h6-7H,4-5H2,1-3H3,(H,13,17)(H,18,19)(H,14,15,16). The summed E-state index contributed by atoms with van der Waals surface area (Å²) in [7, 11) is 0. The third-order valence-electron chi connectivity index (χ3n) is 3.11. The summed E-state index contributed by atoms with van der Waals surface area (Å²) in [5.41, 5.74) is -0.244. The zero-order chi connectivity index (χ0) is 14.9. The fraction of sp³-hybridized carbons (Fsp3) is 0.667. The summed E-state index contributed by atoms with van der Waals surface area (Å²) >= 11 is 0. The summed E-state index contributed by atoms with van der Waals surface area (Å²) in [4.78, 5) is 27.1. The van der Waals surface area contributed by atoms with Gasteiger partial charge in [0.1, 0.15) is 11.7 Å². The van der Waals surface area contributed by atoms with Gasteiger partial charge in [0.05, 0.1) is 19.3 Å². The van der Waals surface area contributed by atoms with Crippen molar-refractivity contribution in [2.75, 3.05) is 13.2 Å². The predicted molar refractivity (Wildman–Crippen MR) is 68.3 cm³/mol. The van der Waals surface area contributed by atoms with Crippen LogP contribution in [0.3, 0.4) is 0 Å². The number of ether oxygens (including phenoxy) is 1. The molecule has 0 spiro atoms. The van der Waals surface area contributed by atoms with Crippen molar-refractivity contribution in [1.82, 2.24) is 20.5 Å². The Labute approximate surface area is 115 Å². The van der Waals surface area contributed by atoms with Crippen molar-refractivity contribution >= 4 is 11.9 Å². The molecule has 8 nitrogen and oxygen atoms in total. The average Bonchev–Trinajstić information content (AvgIpc) is 2.95. The van der Waals surface area contributed by atoms with Gasteiger partial charge in [-0.1, -0.05) is 20.8 Å². The summed E-state index contributed by atoms with van der Waals surface area (Å²) in [6.07, 6.45) is 0. The van der Waals surface area contributed by atoms with Crippen LogP contribution < -0.4 is 5.32 Å². The lowest BCUT2D eigenvalue weighted by molar-refractivity contribution is -0.142. The largest absolute Gasteiger partial charge is 0.481 e. The molecule has 1 aliphatic heterocycles. The van der Waals surface area contributed by atoms with Gasteiger partial charge < -0.3 is 15.2 Å². The first-order valence-electron chi connectivity index (χ1n) is 6.33. The molecule has 3 N–H and O–H groups in total. The van der Waals surface area contributed by atoms with E-state index in [2.05, 4.69) is 20.5 Å². The number of aromatic amines is 1. The highest BCUT2D eigenvalue weighted by molar-refractivity contribution is 5.91. The monoisotopic (exact) mass is 282 g/mol. The summed E-state index contributed by atoms with van der Waals surface area (Å²) in [5.74, 6) is -1.62. The number of rotatable bonds is 3. The Balaban J connectivity index is 2.05. The second-order valence-electron chi connectivity index (χ2n) is 5.82. The van der Waals surface area contributed by atoms with E-state index < -0.39 is 23.8 Å². The van der Waals surface area contributed by atoms with Gasteiger partial charge in [-0.2, -0.15) is 0 Å². The molecule has 2 heterocycles. The van der Waals surface area contributed by atoms with E-state index in [1.807, 2.05) is 20.8 Å². The number of aliphatic carboxylic acids is 1. The lowest BCUT2D eigenvalue weighted by Crippen LogP contribution is -2.43. The van der Waals surface area contributed by atoms with E-state index in [-0.39, 0.29) is 24.5 Å². The number of nitrogens with one attached hydrogen (secondary N) is 2. The SMILES string of the molecule is CC(C)(C)c1nc(C(=O)NC2COCC2C(=O)O)n[nH]1. The van der Waals surface area contributed by atoms with Crippen LogP contribution >= 0.6 is 0 Å². The molecule has 2 unspecified atom stereocenters. The van der Waals surface area contributed by atoms with E-state index in [0.717, 1.165) is 0 Å². The first-order valence-corrected chi connectivity index (χ1v) is 6.33. The molecule has 1 saturated heterocycles. The average molecular weight is 282 g/mol. The number of carbonyl (C=O) groups excluding carboxylic acids is 1. The van der Waals surface area contributed by atoms with Crippen LogP contribution in [0, 0.1) is 5.92 Å². The Morgan fingerprint density at radius 1 is 1.40 bits per heavy atom. The number of hydrogen-bond acceptors (Lipinski definition) is 5. The quantitative estimate of drug-likeness (QED) is 0.714. The maximum atomic E-state index is 12.0. The van der Waals surface area contributed by atoms with Gasteiger partial charge in [0.15, 0.2) is 0 Å². The molecule has 0 aromatic carbocycles. The number of H-pyrrole nitrogens is 1. The molecule has 1 aromatic heterocycles. The summed E-state index contributed by atoms with van der Waals surface area (Å²) in [5, 5.41) is 18.2.